The topological polar surface area (TPSA) is 31.4 Å². The van der Waals surface area contributed by atoms with Gasteiger partial charge in [0.15, 0.2) is 0 Å². The average molecular weight is 381 g/mol. The Hall–Kier alpha value is -0.520. The Morgan fingerprint density at radius 2 is 1.94 bits per heavy atom. The molecule has 1 aromatic heterocycles. The maximum Gasteiger partial charge on any atom is 0.148 e. The van der Waals surface area contributed by atoms with Gasteiger partial charge in [-0.2, -0.15) is 0 Å². The molecule has 0 radical (unpaired) electrons. The number of halogens is 3. The van der Waals surface area contributed by atoms with Crippen molar-refractivity contribution < 1.29 is 9.47 Å². The van der Waals surface area contributed by atoms with Gasteiger partial charge in [-0.25, -0.2) is 0 Å². The molecule has 3 nitrogen and oxygen atoms in total. The minimum Gasteiger partial charge on any atom is -0.494 e. The van der Waals surface area contributed by atoms with Gasteiger partial charge in [-0.3, -0.25) is 4.98 Å². The molecule has 0 bridgehead atoms. The Bertz CT molecular complexity index is 589. The first-order valence-electron chi connectivity index (χ1n) is 4.64. The minimum absolute atomic E-state index is 0.484. The van der Waals surface area contributed by atoms with Crippen LogP contribution >= 0.6 is 43.5 Å². The van der Waals surface area contributed by atoms with E-state index >= 15 is 0 Å². The minimum atomic E-state index is 0.484. The predicted molar refractivity (Wildman–Crippen MR) is 75.3 cm³/mol. The van der Waals surface area contributed by atoms with E-state index in [-0.39, 0.29) is 0 Å². The lowest BCUT2D eigenvalue weighted by molar-refractivity contribution is 0.410. The molecule has 0 N–H and O–H groups in total. The smallest absolute Gasteiger partial charge is 0.148 e. The zero-order valence-corrected chi connectivity index (χ0v) is 13.0. The molecule has 1 aromatic carbocycles. The summed E-state index contributed by atoms with van der Waals surface area (Å²) in [5.41, 5.74) is 0.698. The van der Waals surface area contributed by atoms with Gasteiger partial charge >= 0.3 is 0 Å². The van der Waals surface area contributed by atoms with E-state index < -0.39 is 0 Å². The Balaban J connectivity index is 2.98. The number of hydrogen-bond acceptors (Lipinski definition) is 3. The SMILES string of the molecule is COc1cc(Cl)c(OC)c2c(Br)c(Br)cnc12. The quantitative estimate of drug-likeness (QED) is 0.771. The fourth-order valence-electron chi connectivity index (χ4n) is 1.58. The highest BCUT2D eigenvalue weighted by molar-refractivity contribution is 9.13. The fourth-order valence-corrected chi connectivity index (χ4v) is 2.63. The van der Waals surface area contributed by atoms with Crippen LogP contribution < -0.4 is 9.47 Å². The van der Waals surface area contributed by atoms with E-state index in [9.17, 15) is 0 Å². The number of fused-ring (bicyclic) bond motifs is 1. The maximum absolute atomic E-state index is 6.14. The van der Waals surface area contributed by atoms with E-state index in [2.05, 4.69) is 36.8 Å². The summed E-state index contributed by atoms with van der Waals surface area (Å²) in [6, 6.07) is 1.69. The third kappa shape index (κ3) is 2.11. The van der Waals surface area contributed by atoms with Crippen LogP contribution in [-0.2, 0) is 0 Å². The Labute approximate surface area is 120 Å². The number of hydrogen-bond donors (Lipinski definition) is 0. The van der Waals surface area contributed by atoms with Crippen molar-refractivity contribution in [2.45, 2.75) is 0 Å². The molecule has 0 unspecified atom stereocenters. The van der Waals surface area contributed by atoms with E-state index in [1.807, 2.05) is 0 Å². The van der Waals surface area contributed by atoms with Crippen molar-refractivity contribution in [1.82, 2.24) is 4.98 Å². The van der Waals surface area contributed by atoms with Crippen LogP contribution in [0.3, 0.4) is 0 Å². The van der Waals surface area contributed by atoms with Crippen LogP contribution in [0.2, 0.25) is 5.02 Å². The van der Waals surface area contributed by atoms with Crippen molar-refractivity contribution >= 4 is 54.4 Å². The number of ether oxygens (including phenoxy) is 2. The summed E-state index contributed by atoms with van der Waals surface area (Å²) in [5, 5.41) is 1.27. The monoisotopic (exact) mass is 379 g/mol. The van der Waals surface area contributed by atoms with E-state index in [4.69, 9.17) is 21.1 Å². The highest BCUT2D eigenvalue weighted by atomic mass is 79.9. The van der Waals surface area contributed by atoms with Crippen LogP contribution in [0.1, 0.15) is 0 Å². The molecule has 0 spiro atoms. The highest BCUT2D eigenvalue weighted by Gasteiger charge is 2.17. The zero-order valence-electron chi connectivity index (χ0n) is 9.05. The standard InChI is InChI=1S/C11H8Br2ClNO2/c1-16-7-3-6(14)11(17-2)8-9(13)5(12)4-15-10(7)8/h3-4H,1-2H3. The normalized spacial score (nSPS) is 10.6. The molecule has 90 valence electrons. The Morgan fingerprint density at radius 1 is 1.24 bits per heavy atom. The summed E-state index contributed by atoms with van der Waals surface area (Å²) < 4.78 is 12.2. The molecule has 0 aliphatic heterocycles. The van der Waals surface area contributed by atoms with Crippen molar-refractivity contribution in [3.8, 4) is 11.5 Å². The molecule has 0 aliphatic rings. The van der Waals surface area contributed by atoms with Crippen LogP contribution in [0, 0.1) is 0 Å². The van der Waals surface area contributed by atoms with Gasteiger partial charge in [-0.1, -0.05) is 11.6 Å². The van der Waals surface area contributed by atoms with Gasteiger partial charge in [0.25, 0.3) is 0 Å². The van der Waals surface area contributed by atoms with Gasteiger partial charge in [0, 0.05) is 16.7 Å². The number of benzene rings is 1. The van der Waals surface area contributed by atoms with Crippen molar-refractivity contribution in [2.24, 2.45) is 0 Å². The maximum atomic E-state index is 6.14. The lowest BCUT2D eigenvalue weighted by atomic mass is 10.2. The molecule has 0 atom stereocenters. The van der Waals surface area contributed by atoms with Gasteiger partial charge in [0.1, 0.15) is 17.0 Å². The molecule has 0 amide bonds. The van der Waals surface area contributed by atoms with Crippen LogP contribution in [-0.4, -0.2) is 19.2 Å². The first-order valence-corrected chi connectivity index (χ1v) is 6.60. The molecule has 6 heteroatoms. The summed E-state index contributed by atoms with van der Waals surface area (Å²) in [6.07, 6.45) is 1.70. The van der Waals surface area contributed by atoms with Crippen LogP contribution in [0.4, 0.5) is 0 Å². The summed E-state index contributed by atoms with van der Waals surface area (Å²) in [4.78, 5) is 4.32. The van der Waals surface area contributed by atoms with Crippen LogP contribution in [0.5, 0.6) is 11.5 Å². The third-order valence-corrected chi connectivity index (χ3v) is 4.57. The highest BCUT2D eigenvalue weighted by Crippen LogP contribution is 2.43. The molecule has 17 heavy (non-hydrogen) atoms. The lowest BCUT2D eigenvalue weighted by Gasteiger charge is -2.12. The van der Waals surface area contributed by atoms with E-state index in [0.717, 1.165) is 14.3 Å². The second kappa shape index (κ2) is 5.00. The second-order valence-corrected chi connectivity index (χ2v) is 5.29. The van der Waals surface area contributed by atoms with Crippen molar-refractivity contribution in [3.05, 3.63) is 26.2 Å². The number of rotatable bonds is 2. The molecule has 1 heterocycles. The van der Waals surface area contributed by atoms with Gasteiger partial charge in [-0.15, -0.1) is 0 Å². The van der Waals surface area contributed by atoms with Crippen molar-refractivity contribution in [2.75, 3.05) is 14.2 Å². The molecule has 0 aliphatic carbocycles. The second-order valence-electron chi connectivity index (χ2n) is 3.24. The van der Waals surface area contributed by atoms with Crippen molar-refractivity contribution in [1.29, 1.82) is 0 Å². The molecule has 0 fully saturated rings. The van der Waals surface area contributed by atoms with Crippen LogP contribution in [0.15, 0.2) is 21.2 Å². The van der Waals surface area contributed by atoms with Gasteiger partial charge < -0.3 is 9.47 Å². The van der Waals surface area contributed by atoms with E-state index in [0.29, 0.717) is 22.0 Å². The zero-order chi connectivity index (χ0) is 12.6. The first-order chi connectivity index (χ1) is 8.10. The van der Waals surface area contributed by atoms with E-state index in [1.54, 1.807) is 26.5 Å². The average Bonchev–Trinajstić information content (AvgIpc) is 2.33. The van der Waals surface area contributed by atoms with Crippen LogP contribution in [0.25, 0.3) is 10.9 Å². The van der Waals surface area contributed by atoms with Crippen molar-refractivity contribution in [3.63, 3.8) is 0 Å². The first kappa shape index (κ1) is 12.9. The molecule has 0 saturated heterocycles. The van der Waals surface area contributed by atoms with Gasteiger partial charge in [-0.05, 0) is 31.9 Å². The summed E-state index contributed by atoms with van der Waals surface area (Å²) >= 11 is 13.0. The number of nitrogens with zero attached hydrogens (tertiary/aromatic N) is 1. The Morgan fingerprint density at radius 3 is 2.53 bits per heavy atom. The van der Waals surface area contributed by atoms with E-state index in [1.165, 1.54) is 0 Å². The summed E-state index contributed by atoms with van der Waals surface area (Å²) in [5.74, 6) is 1.18. The molecular formula is C11H8Br2ClNO2. The fraction of sp³-hybridized carbons (Fsp3) is 0.182. The molecule has 2 aromatic rings. The number of methoxy groups -OCH3 is 2. The number of pyridine rings is 1. The molecule has 0 saturated carbocycles. The largest absolute Gasteiger partial charge is 0.494 e. The summed E-state index contributed by atoms with van der Waals surface area (Å²) in [7, 11) is 3.15. The van der Waals surface area contributed by atoms with Gasteiger partial charge in [0.05, 0.1) is 29.1 Å². The molecule has 2 rings (SSSR count). The predicted octanol–water partition coefficient (Wildman–Crippen LogP) is 4.43. The third-order valence-electron chi connectivity index (χ3n) is 2.33. The summed E-state index contributed by atoms with van der Waals surface area (Å²) in [6.45, 7) is 0. The number of aromatic nitrogens is 1. The lowest BCUT2D eigenvalue weighted by Crippen LogP contribution is -1.94. The van der Waals surface area contributed by atoms with Gasteiger partial charge in [0.2, 0.25) is 0 Å². The Kier molecular flexibility index (Phi) is 3.80. The molecular weight excluding hydrogens is 373 g/mol.